The summed E-state index contributed by atoms with van der Waals surface area (Å²) in [5.74, 6) is 0.0829. The molecule has 0 bridgehead atoms. The number of rotatable bonds is 1. The van der Waals surface area contributed by atoms with Gasteiger partial charge in [0.15, 0.2) is 0 Å². The van der Waals surface area contributed by atoms with Gasteiger partial charge >= 0.3 is 0 Å². The number of piperidine rings is 2. The number of halogens is 2. The van der Waals surface area contributed by atoms with Crippen molar-refractivity contribution in [2.75, 3.05) is 26.2 Å². The van der Waals surface area contributed by atoms with Crippen LogP contribution in [0.5, 0.6) is 0 Å². The molecule has 3 heterocycles. The molecule has 6 heteroatoms. The molecule has 1 N–H and O–H groups in total. The molecular weight excluding hydrogens is 357 g/mol. The summed E-state index contributed by atoms with van der Waals surface area (Å²) in [7, 11) is 0. The van der Waals surface area contributed by atoms with Gasteiger partial charge < -0.3 is 10.2 Å². The Balaban J connectivity index is 0.00000113. The van der Waals surface area contributed by atoms with Crippen LogP contribution in [0.25, 0.3) is 10.9 Å². The maximum Gasteiger partial charge on any atom is 0.272 e. The average molecular weight is 382 g/mol. The normalized spacial score (nSPS) is 19.1. The fourth-order valence-electron chi connectivity index (χ4n) is 3.99. The van der Waals surface area contributed by atoms with E-state index >= 15 is 0 Å². The van der Waals surface area contributed by atoms with Gasteiger partial charge in [0, 0.05) is 18.5 Å². The van der Waals surface area contributed by atoms with E-state index in [0.29, 0.717) is 11.1 Å². The maximum absolute atomic E-state index is 12.8. The lowest BCUT2D eigenvalue weighted by Gasteiger charge is -2.44. The number of carbonyl (C=O) groups is 1. The molecule has 0 atom stereocenters. The Morgan fingerprint density at radius 2 is 1.64 bits per heavy atom. The van der Waals surface area contributed by atoms with Crippen LogP contribution in [0, 0.1) is 5.41 Å². The van der Waals surface area contributed by atoms with Crippen LogP contribution in [0.4, 0.5) is 0 Å². The zero-order valence-electron chi connectivity index (χ0n) is 14.2. The van der Waals surface area contributed by atoms with Crippen molar-refractivity contribution in [2.24, 2.45) is 5.41 Å². The Bertz CT molecular complexity index is 721. The molecule has 0 aliphatic carbocycles. The van der Waals surface area contributed by atoms with E-state index in [-0.39, 0.29) is 30.7 Å². The van der Waals surface area contributed by atoms with E-state index in [0.717, 1.165) is 49.9 Å². The highest BCUT2D eigenvalue weighted by Crippen LogP contribution is 2.39. The smallest absolute Gasteiger partial charge is 0.272 e. The molecule has 1 aromatic heterocycles. The van der Waals surface area contributed by atoms with Gasteiger partial charge in [-0.05, 0) is 56.3 Å². The van der Waals surface area contributed by atoms with Crippen molar-refractivity contribution in [2.45, 2.75) is 25.7 Å². The number of hydrogen-bond donors (Lipinski definition) is 1. The van der Waals surface area contributed by atoms with Crippen LogP contribution in [0.1, 0.15) is 36.2 Å². The van der Waals surface area contributed by atoms with Gasteiger partial charge in [0.25, 0.3) is 5.91 Å². The zero-order valence-corrected chi connectivity index (χ0v) is 15.9. The van der Waals surface area contributed by atoms with E-state index < -0.39 is 0 Å². The number of para-hydroxylation sites is 1. The van der Waals surface area contributed by atoms with Gasteiger partial charge in [-0.1, -0.05) is 24.3 Å². The molecule has 1 spiro atoms. The van der Waals surface area contributed by atoms with Gasteiger partial charge in [0.1, 0.15) is 5.69 Å². The van der Waals surface area contributed by atoms with E-state index in [1.807, 2.05) is 41.3 Å². The highest BCUT2D eigenvalue weighted by Gasteiger charge is 2.36. The topological polar surface area (TPSA) is 45.2 Å². The van der Waals surface area contributed by atoms with Gasteiger partial charge in [-0.25, -0.2) is 4.98 Å². The molecule has 136 valence electrons. The summed E-state index contributed by atoms with van der Waals surface area (Å²) in [5.41, 5.74) is 1.94. The summed E-state index contributed by atoms with van der Waals surface area (Å²) < 4.78 is 0. The molecular formula is C19H25Cl2N3O. The van der Waals surface area contributed by atoms with Gasteiger partial charge in [-0.15, -0.1) is 24.8 Å². The Labute approximate surface area is 161 Å². The van der Waals surface area contributed by atoms with Crippen LogP contribution in [0.3, 0.4) is 0 Å². The quantitative estimate of drug-likeness (QED) is 0.818. The first-order valence-corrected chi connectivity index (χ1v) is 8.62. The molecule has 2 aliphatic heterocycles. The van der Waals surface area contributed by atoms with Crippen LogP contribution in [0.2, 0.25) is 0 Å². The number of nitrogens with zero attached hydrogens (tertiary/aromatic N) is 2. The molecule has 2 aliphatic rings. The molecule has 4 nitrogen and oxygen atoms in total. The van der Waals surface area contributed by atoms with Crippen LogP contribution in [0.15, 0.2) is 36.4 Å². The summed E-state index contributed by atoms with van der Waals surface area (Å²) in [4.78, 5) is 19.3. The SMILES string of the molecule is Cl.Cl.O=C(c1ccc2ccccc2n1)N1CCC2(CCNCC2)CC1. The number of nitrogens with one attached hydrogen (secondary N) is 1. The average Bonchev–Trinajstić information content (AvgIpc) is 2.62. The Morgan fingerprint density at radius 1 is 0.960 bits per heavy atom. The van der Waals surface area contributed by atoms with Crippen molar-refractivity contribution in [1.82, 2.24) is 15.2 Å². The molecule has 0 unspecified atom stereocenters. The molecule has 4 rings (SSSR count). The van der Waals surface area contributed by atoms with E-state index in [1.165, 1.54) is 12.8 Å². The van der Waals surface area contributed by atoms with Crippen LogP contribution in [-0.2, 0) is 0 Å². The molecule has 1 amide bonds. The first-order valence-electron chi connectivity index (χ1n) is 8.62. The van der Waals surface area contributed by atoms with E-state index in [4.69, 9.17) is 0 Å². The van der Waals surface area contributed by atoms with Crippen LogP contribution in [-0.4, -0.2) is 42.0 Å². The van der Waals surface area contributed by atoms with Crippen LogP contribution >= 0.6 is 24.8 Å². The minimum atomic E-state index is 0. The molecule has 2 saturated heterocycles. The molecule has 2 aromatic rings. The van der Waals surface area contributed by atoms with Crippen molar-refractivity contribution in [1.29, 1.82) is 0 Å². The number of fused-ring (bicyclic) bond motifs is 1. The van der Waals surface area contributed by atoms with Crippen molar-refractivity contribution in [3.63, 3.8) is 0 Å². The predicted molar refractivity (Wildman–Crippen MR) is 106 cm³/mol. The predicted octanol–water partition coefficient (Wildman–Crippen LogP) is 3.68. The maximum atomic E-state index is 12.8. The number of carbonyl (C=O) groups excluding carboxylic acids is 1. The standard InChI is InChI=1S/C19H23N3O.2ClH/c23-18(17-6-5-15-3-1-2-4-16(15)21-17)22-13-9-19(10-14-22)7-11-20-12-8-19;;/h1-6,20H,7-14H2;2*1H. The van der Waals surface area contributed by atoms with Crippen molar-refractivity contribution >= 4 is 41.6 Å². The summed E-state index contributed by atoms with van der Waals surface area (Å²) in [6, 6.07) is 11.8. The van der Waals surface area contributed by atoms with Gasteiger partial charge in [-0.2, -0.15) is 0 Å². The van der Waals surface area contributed by atoms with Crippen molar-refractivity contribution in [3.05, 3.63) is 42.1 Å². The second kappa shape index (κ2) is 8.35. The zero-order chi connectivity index (χ0) is 15.7. The lowest BCUT2D eigenvalue weighted by atomic mass is 9.71. The monoisotopic (exact) mass is 381 g/mol. The first-order chi connectivity index (χ1) is 11.3. The fraction of sp³-hybridized carbons (Fsp3) is 0.474. The Morgan fingerprint density at radius 3 is 2.36 bits per heavy atom. The van der Waals surface area contributed by atoms with Crippen molar-refractivity contribution < 1.29 is 4.79 Å². The van der Waals surface area contributed by atoms with Crippen LogP contribution < -0.4 is 5.32 Å². The lowest BCUT2D eigenvalue weighted by molar-refractivity contribution is 0.0491. The molecule has 2 fully saturated rings. The Kier molecular flexibility index (Phi) is 6.66. The number of likely N-dealkylation sites (tertiary alicyclic amines) is 1. The number of hydrogen-bond acceptors (Lipinski definition) is 3. The second-order valence-corrected chi connectivity index (χ2v) is 6.93. The van der Waals surface area contributed by atoms with Gasteiger partial charge in [0.05, 0.1) is 5.52 Å². The van der Waals surface area contributed by atoms with Crippen molar-refractivity contribution in [3.8, 4) is 0 Å². The number of aromatic nitrogens is 1. The van der Waals surface area contributed by atoms with E-state index in [9.17, 15) is 4.79 Å². The minimum absolute atomic E-state index is 0. The third kappa shape index (κ3) is 4.08. The number of amides is 1. The third-order valence-electron chi connectivity index (χ3n) is 5.59. The molecule has 0 radical (unpaired) electrons. The van der Waals surface area contributed by atoms with E-state index in [2.05, 4.69) is 10.3 Å². The van der Waals surface area contributed by atoms with Gasteiger partial charge in [0.2, 0.25) is 0 Å². The highest BCUT2D eigenvalue weighted by molar-refractivity contribution is 5.95. The summed E-state index contributed by atoms with van der Waals surface area (Å²) in [6.45, 7) is 3.99. The van der Waals surface area contributed by atoms with E-state index in [1.54, 1.807) is 0 Å². The summed E-state index contributed by atoms with van der Waals surface area (Å²) in [6.07, 6.45) is 4.77. The highest BCUT2D eigenvalue weighted by atomic mass is 35.5. The Hall–Kier alpha value is -1.36. The largest absolute Gasteiger partial charge is 0.337 e. The number of benzene rings is 1. The number of pyridine rings is 1. The minimum Gasteiger partial charge on any atom is -0.337 e. The lowest BCUT2D eigenvalue weighted by Crippen LogP contribution is -2.47. The summed E-state index contributed by atoms with van der Waals surface area (Å²) >= 11 is 0. The fourth-order valence-corrected chi connectivity index (χ4v) is 3.99. The molecule has 1 aromatic carbocycles. The molecule has 0 saturated carbocycles. The van der Waals surface area contributed by atoms with Gasteiger partial charge in [-0.3, -0.25) is 4.79 Å². The third-order valence-corrected chi connectivity index (χ3v) is 5.59. The first kappa shape index (κ1) is 20.0. The summed E-state index contributed by atoms with van der Waals surface area (Å²) in [5, 5.41) is 4.52. The molecule has 25 heavy (non-hydrogen) atoms. The second-order valence-electron chi connectivity index (χ2n) is 6.93.